The van der Waals surface area contributed by atoms with Crippen LogP contribution in [0.15, 0.2) is 0 Å². The minimum absolute atomic E-state index is 0.585. The van der Waals surface area contributed by atoms with Gasteiger partial charge in [0.05, 0.1) is 0 Å². The Balaban J connectivity index is 6.22. The Morgan fingerprint density at radius 3 is 0.963 bits per heavy atom. The van der Waals surface area contributed by atoms with Crippen molar-refractivity contribution in [1.29, 1.82) is 0 Å². The lowest BCUT2D eigenvalue weighted by Gasteiger charge is -2.30. The van der Waals surface area contributed by atoms with Gasteiger partial charge in [0.15, 0.2) is 0 Å². The maximum absolute atomic E-state index is 12.3. The van der Waals surface area contributed by atoms with Crippen LogP contribution in [0.3, 0.4) is 0 Å². The lowest BCUT2D eigenvalue weighted by atomic mass is 10.3. The third-order valence-electron chi connectivity index (χ3n) is 1.92. The van der Waals surface area contributed by atoms with Crippen LogP contribution in [0.2, 0.25) is 0 Å². The van der Waals surface area contributed by atoms with E-state index in [0.29, 0.717) is 0 Å². The van der Waals surface area contributed by atoms with E-state index in [9.17, 15) is 70.2 Å². The monoisotopic (exact) mass is 481 g/mol. The summed E-state index contributed by atoms with van der Waals surface area (Å²) in [5.74, 6) is 0. The first kappa shape index (κ1) is 26.4. The molecule has 0 aliphatic carbocycles. The molecule has 0 aromatic carbocycles. The highest BCUT2D eigenvalue weighted by Crippen LogP contribution is 2.62. The van der Waals surface area contributed by atoms with Crippen molar-refractivity contribution in [3.63, 3.8) is 0 Å². The van der Waals surface area contributed by atoms with Crippen molar-refractivity contribution in [1.82, 2.24) is 4.86 Å². The second-order valence-electron chi connectivity index (χ2n) is 4.20. The SMILES string of the molecule is O=P(F)(F)NP(=O)(OC(C(F)(F)F)C(F)(F)F)OC(C(F)(F)F)C(F)(F)F. The predicted octanol–water partition coefficient (Wildman–Crippen LogP) is 5.75. The number of rotatable bonds is 6. The summed E-state index contributed by atoms with van der Waals surface area (Å²) >= 11 is 0. The quantitative estimate of drug-likeness (QED) is 0.387. The van der Waals surface area contributed by atoms with Crippen LogP contribution in [0, 0.1) is 0 Å². The van der Waals surface area contributed by atoms with Gasteiger partial charge in [-0.15, -0.1) is 13.3 Å². The van der Waals surface area contributed by atoms with Gasteiger partial charge >= 0.3 is 40.4 Å². The molecule has 27 heavy (non-hydrogen) atoms. The summed E-state index contributed by atoms with van der Waals surface area (Å²) < 4.78 is 198. The largest absolute Gasteiger partial charge is 0.489 e. The van der Waals surface area contributed by atoms with Gasteiger partial charge < -0.3 is 0 Å². The van der Waals surface area contributed by atoms with E-state index >= 15 is 0 Å². The second kappa shape index (κ2) is 7.65. The maximum Gasteiger partial charge on any atom is 0.489 e. The molecule has 0 amide bonds. The average molecular weight is 481 g/mol. The van der Waals surface area contributed by atoms with E-state index in [-0.39, 0.29) is 0 Å². The van der Waals surface area contributed by atoms with E-state index < -0.39 is 57.4 Å². The molecule has 0 saturated heterocycles. The highest BCUT2D eigenvalue weighted by Gasteiger charge is 2.65. The molecule has 0 saturated carbocycles. The lowest BCUT2D eigenvalue weighted by molar-refractivity contribution is -0.314. The number of nitrogens with one attached hydrogen (secondary N) is 1. The van der Waals surface area contributed by atoms with E-state index in [1.807, 2.05) is 0 Å². The van der Waals surface area contributed by atoms with Gasteiger partial charge in [0.25, 0.3) is 12.2 Å². The molecule has 0 bridgehead atoms. The third kappa shape index (κ3) is 8.93. The molecule has 0 fully saturated rings. The molecule has 0 aliphatic heterocycles. The minimum Gasteiger partial charge on any atom is -0.274 e. The van der Waals surface area contributed by atoms with Gasteiger partial charge in [0.2, 0.25) is 0 Å². The van der Waals surface area contributed by atoms with Crippen LogP contribution in [-0.4, -0.2) is 36.9 Å². The molecule has 5 nitrogen and oxygen atoms in total. The molecular formula is C6H3F14NO4P2. The van der Waals surface area contributed by atoms with Crippen LogP contribution in [0.4, 0.5) is 61.1 Å². The molecule has 0 atom stereocenters. The van der Waals surface area contributed by atoms with Gasteiger partial charge in [-0.1, -0.05) is 0 Å². The molecule has 0 heterocycles. The first-order valence-electron chi connectivity index (χ1n) is 5.41. The van der Waals surface area contributed by atoms with Crippen molar-refractivity contribution in [2.75, 3.05) is 0 Å². The van der Waals surface area contributed by atoms with Crippen molar-refractivity contribution in [2.45, 2.75) is 36.9 Å². The minimum atomic E-state index is -7.48. The van der Waals surface area contributed by atoms with Crippen LogP contribution in [0.25, 0.3) is 0 Å². The van der Waals surface area contributed by atoms with E-state index in [0.717, 1.165) is 0 Å². The van der Waals surface area contributed by atoms with E-state index in [2.05, 4.69) is 9.05 Å². The van der Waals surface area contributed by atoms with Crippen molar-refractivity contribution in [3.8, 4) is 0 Å². The van der Waals surface area contributed by atoms with E-state index in [1.165, 1.54) is 0 Å². The zero-order valence-corrected chi connectivity index (χ0v) is 13.3. The number of halogens is 14. The van der Waals surface area contributed by atoms with Gasteiger partial charge in [0, 0.05) is 0 Å². The second-order valence-corrected chi connectivity index (χ2v) is 7.34. The standard InChI is InChI=1S/C6H3F14NO4P2/c7-3(8,9)1(4(10,11)12)24-27(23,21-26(19,20)22)25-2(5(13,14)15)6(16,17)18/h1-2H,(H,21,22,23). The Hall–Kier alpha value is -0.640. The lowest BCUT2D eigenvalue weighted by Crippen LogP contribution is -2.47. The molecule has 0 aromatic heterocycles. The van der Waals surface area contributed by atoms with Gasteiger partial charge in [0.1, 0.15) is 0 Å². The van der Waals surface area contributed by atoms with Crippen LogP contribution in [-0.2, 0) is 18.2 Å². The van der Waals surface area contributed by atoms with Gasteiger partial charge in [-0.2, -0.15) is 52.7 Å². The Morgan fingerprint density at radius 2 is 0.815 bits per heavy atom. The molecule has 0 spiro atoms. The Morgan fingerprint density at radius 1 is 0.593 bits per heavy atom. The van der Waals surface area contributed by atoms with Gasteiger partial charge in [-0.25, -0.2) is 9.13 Å². The zero-order chi connectivity index (χ0) is 22.3. The number of hydrogen-bond acceptors (Lipinski definition) is 4. The summed E-state index contributed by atoms with van der Waals surface area (Å²) in [5.41, 5.74) is 0. The Bertz CT molecular complexity index is 535. The predicted molar refractivity (Wildman–Crippen MR) is 54.5 cm³/mol. The first-order chi connectivity index (χ1) is 11.4. The fraction of sp³-hybridized carbons (Fsp3) is 1.00. The topological polar surface area (TPSA) is 64.6 Å². The summed E-state index contributed by atoms with van der Waals surface area (Å²) in [5, 5.41) is 0. The smallest absolute Gasteiger partial charge is 0.274 e. The molecule has 1 N–H and O–H groups in total. The number of hydrogen-bond donors (Lipinski definition) is 1. The van der Waals surface area contributed by atoms with Gasteiger partial charge in [-0.05, 0) is 0 Å². The van der Waals surface area contributed by atoms with Crippen LogP contribution >= 0.6 is 15.7 Å². The fourth-order valence-corrected chi connectivity index (χ4v) is 3.70. The first-order valence-corrected chi connectivity index (χ1v) is 8.44. The molecule has 0 aromatic rings. The maximum atomic E-state index is 12.3. The van der Waals surface area contributed by atoms with Crippen LogP contribution in [0.1, 0.15) is 0 Å². The zero-order valence-electron chi connectivity index (χ0n) is 11.5. The highest BCUT2D eigenvalue weighted by molar-refractivity contribution is 7.67. The normalized spacial score (nSPS) is 15.7. The summed E-state index contributed by atoms with van der Waals surface area (Å²) in [6, 6.07) is 0. The summed E-state index contributed by atoms with van der Waals surface area (Å²) in [7, 11) is -14.8. The fourth-order valence-electron chi connectivity index (χ4n) is 1.10. The molecule has 0 aliphatic rings. The van der Waals surface area contributed by atoms with Crippen LogP contribution < -0.4 is 4.86 Å². The summed E-state index contributed by atoms with van der Waals surface area (Å²) in [6.07, 6.45) is -37.7. The van der Waals surface area contributed by atoms with Crippen molar-refractivity contribution < 1.29 is 79.3 Å². The summed E-state index contributed by atoms with van der Waals surface area (Å²) in [4.78, 5) is -0.585. The molecule has 0 rings (SSSR count). The van der Waals surface area contributed by atoms with Crippen LogP contribution in [0.5, 0.6) is 0 Å². The van der Waals surface area contributed by atoms with E-state index in [4.69, 9.17) is 0 Å². The number of alkyl halides is 12. The molecule has 164 valence electrons. The van der Waals surface area contributed by atoms with E-state index in [1.54, 1.807) is 0 Å². The Kier molecular flexibility index (Phi) is 7.47. The third-order valence-corrected chi connectivity index (χ3v) is 4.80. The molecular weight excluding hydrogens is 478 g/mol. The van der Waals surface area contributed by atoms with Crippen molar-refractivity contribution in [2.24, 2.45) is 0 Å². The highest BCUT2D eigenvalue weighted by atomic mass is 31.3. The van der Waals surface area contributed by atoms with Crippen molar-refractivity contribution in [3.05, 3.63) is 0 Å². The Labute approximate surface area is 138 Å². The average Bonchev–Trinajstić information content (AvgIpc) is 2.25. The molecule has 0 radical (unpaired) electrons. The molecule has 21 heteroatoms. The van der Waals surface area contributed by atoms with Gasteiger partial charge in [-0.3, -0.25) is 9.05 Å². The van der Waals surface area contributed by atoms with Crippen molar-refractivity contribution >= 4 is 15.7 Å². The summed E-state index contributed by atoms with van der Waals surface area (Å²) in [6.45, 7) is 0. The molecule has 0 unspecified atom stereocenters.